The molecule has 160 valence electrons. The number of phenolic OH excluding ortho intramolecular Hbond substituents is 1. The Kier molecular flexibility index (Phi) is 7.57. The molecular weight excluding hydrogens is 370 g/mol. The number of guanidine groups is 1. The fourth-order valence-electron chi connectivity index (χ4n) is 3.80. The topological polar surface area (TPSA) is 80.6 Å². The zero-order valence-electron chi connectivity index (χ0n) is 17.6. The van der Waals surface area contributed by atoms with Gasteiger partial charge in [0.05, 0.1) is 20.2 Å². The smallest absolute Gasteiger partial charge is 0.236 e. The van der Waals surface area contributed by atoms with Gasteiger partial charge in [-0.15, -0.1) is 0 Å². The van der Waals surface area contributed by atoms with E-state index in [0.29, 0.717) is 18.8 Å². The Morgan fingerprint density at radius 2 is 1.86 bits per heavy atom. The highest BCUT2D eigenvalue weighted by molar-refractivity contribution is 5.80. The van der Waals surface area contributed by atoms with Crippen LogP contribution in [-0.2, 0) is 11.3 Å². The molecule has 1 aromatic rings. The summed E-state index contributed by atoms with van der Waals surface area (Å²) in [5.41, 5.74) is 0.925. The zero-order valence-corrected chi connectivity index (χ0v) is 17.6. The van der Waals surface area contributed by atoms with Gasteiger partial charge in [-0.2, -0.15) is 0 Å². The number of benzene rings is 1. The molecule has 0 unspecified atom stereocenters. The number of amides is 1. The number of rotatable bonds is 6. The van der Waals surface area contributed by atoms with Crippen LogP contribution in [0.15, 0.2) is 23.2 Å². The Morgan fingerprint density at radius 3 is 2.48 bits per heavy atom. The molecule has 2 saturated heterocycles. The van der Waals surface area contributed by atoms with Crippen molar-refractivity contribution in [1.29, 1.82) is 0 Å². The first-order chi connectivity index (χ1) is 14.1. The van der Waals surface area contributed by atoms with Crippen molar-refractivity contribution in [2.75, 3.05) is 59.5 Å². The molecule has 3 rings (SSSR count). The summed E-state index contributed by atoms with van der Waals surface area (Å²) in [6.45, 7) is 9.06. The number of nitrogens with one attached hydrogen (secondary N) is 1. The van der Waals surface area contributed by atoms with Crippen LogP contribution < -0.4 is 10.1 Å². The fourth-order valence-corrected chi connectivity index (χ4v) is 3.80. The summed E-state index contributed by atoms with van der Waals surface area (Å²) in [5, 5.41) is 13.3. The van der Waals surface area contributed by atoms with Crippen molar-refractivity contribution in [2.45, 2.75) is 26.3 Å². The van der Waals surface area contributed by atoms with Gasteiger partial charge in [0.15, 0.2) is 17.5 Å². The molecule has 2 fully saturated rings. The number of nitrogens with zero attached hydrogens (tertiary/aromatic N) is 4. The van der Waals surface area contributed by atoms with Crippen molar-refractivity contribution in [1.82, 2.24) is 20.0 Å². The Bertz CT molecular complexity index is 710. The molecule has 0 saturated carbocycles. The van der Waals surface area contributed by atoms with E-state index in [1.54, 1.807) is 12.1 Å². The predicted octanol–water partition coefficient (Wildman–Crippen LogP) is 1.11. The first kappa shape index (κ1) is 21.2. The van der Waals surface area contributed by atoms with E-state index in [0.717, 1.165) is 70.2 Å². The molecule has 2 N–H and O–H groups in total. The van der Waals surface area contributed by atoms with Crippen LogP contribution in [0.3, 0.4) is 0 Å². The summed E-state index contributed by atoms with van der Waals surface area (Å²) in [6.07, 6.45) is 2.27. The number of methoxy groups -OCH3 is 1. The molecule has 0 aliphatic carbocycles. The second-order valence-corrected chi connectivity index (χ2v) is 7.53. The third kappa shape index (κ3) is 5.76. The highest BCUT2D eigenvalue weighted by Crippen LogP contribution is 2.26. The van der Waals surface area contributed by atoms with Crippen LogP contribution in [-0.4, -0.2) is 91.1 Å². The van der Waals surface area contributed by atoms with E-state index < -0.39 is 0 Å². The maximum absolute atomic E-state index is 12.4. The molecule has 2 aliphatic heterocycles. The summed E-state index contributed by atoms with van der Waals surface area (Å²) in [6, 6.07) is 5.35. The quantitative estimate of drug-likeness (QED) is 0.547. The minimum absolute atomic E-state index is 0.126. The Labute approximate surface area is 173 Å². The number of hydrogen-bond donors (Lipinski definition) is 2. The maximum atomic E-state index is 12.4. The summed E-state index contributed by atoms with van der Waals surface area (Å²) < 4.78 is 5.09. The van der Waals surface area contributed by atoms with Gasteiger partial charge in [0.1, 0.15) is 0 Å². The minimum atomic E-state index is 0.126. The van der Waals surface area contributed by atoms with Gasteiger partial charge >= 0.3 is 0 Å². The number of ether oxygens (including phenoxy) is 1. The summed E-state index contributed by atoms with van der Waals surface area (Å²) >= 11 is 0. The Hall–Kier alpha value is -2.48. The van der Waals surface area contributed by atoms with E-state index in [-0.39, 0.29) is 11.7 Å². The summed E-state index contributed by atoms with van der Waals surface area (Å²) in [7, 11) is 1.54. The van der Waals surface area contributed by atoms with Gasteiger partial charge < -0.3 is 25.0 Å². The van der Waals surface area contributed by atoms with Crippen molar-refractivity contribution in [3.05, 3.63) is 23.8 Å². The van der Waals surface area contributed by atoms with Crippen LogP contribution in [0.1, 0.15) is 25.3 Å². The molecule has 8 heteroatoms. The van der Waals surface area contributed by atoms with E-state index in [2.05, 4.69) is 22.0 Å². The minimum Gasteiger partial charge on any atom is -0.504 e. The average Bonchev–Trinajstić information content (AvgIpc) is 3.27. The highest BCUT2D eigenvalue weighted by atomic mass is 16.5. The number of likely N-dealkylation sites (tertiary alicyclic amines) is 1. The number of aromatic hydroxyl groups is 1. The van der Waals surface area contributed by atoms with E-state index in [1.165, 1.54) is 7.11 Å². The van der Waals surface area contributed by atoms with Gasteiger partial charge in [0.2, 0.25) is 5.91 Å². The van der Waals surface area contributed by atoms with E-state index in [1.807, 2.05) is 11.0 Å². The van der Waals surface area contributed by atoms with E-state index >= 15 is 0 Å². The molecule has 8 nitrogen and oxygen atoms in total. The molecule has 29 heavy (non-hydrogen) atoms. The molecule has 2 heterocycles. The van der Waals surface area contributed by atoms with Crippen molar-refractivity contribution < 1.29 is 14.6 Å². The molecular formula is C21H33N5O3. The number of piperazine rings is 1. The van der Waals surface area contributed by atoms with Gasteiger partial charge in [-0.3, -0.25) is 9.69 Å². The number of carbonyl (C=O) groups excluding carboxylic acids is 1. The Morgan fingerprint density at radius 1 is 1.14 bits per heavy atom. The van der Waals surface area contributed by atoms with Crippen LogP contribution in [0.4, 0.5) is 0 Å². The first-order valence-electron chi connectivity index (χ1n) is 10.5. The van der Waals surface area contributed by atoms with Crippen molar-refractivity contribution in [2.24, 2.45) is 4.99 Å². The highest BCUT2D eigenvalue weighted by Gasteiger charge is 2.24. The van der Waals surface area contributed by atoms with Crippen LogP contribution >= 0.6 is 0 Å². The van der Waals surface area contributed by atoms with Crippen molar-refractivity contribution >= 4 is 11.9 Å². The predicted molar refractivity (Wildman–Crippen MR) is 113 cm³/mol. The third-order valence-electron chi connectivity index (χ3n) is 5.48. The van der Waals surface area contributed by atoms with Gasteiger partial charge in [-0.05, 0) is 37.5 Å². The molecule has 0 radical (unpaired) electrons. The Balaban J connectivity index is 1.53. The van der Waals surface area contributed by atoms with Gasteiger partial charge in [-0.1, -0.05) is 6.07 Å². The SMILES string of the molecule is CCNC(=NCc1ccc(OC)c(O)c1)N1CCN(CC(=O)N2CCCC2)CC1. The maximum Gasteiger partial charge on any atom is 0.236 e. The van der Waals surface area contributed by atoms with Crippen molar-refractivity contribution in [3.8, 4) is 11.5 Å². The molecule has 0 spiro atoms. The van der Waals surface area contributed by atoms with Crippen LogP contribution in [0.25, 0.3) is 0 Å². The third-order valence-corrected chi connectivity index (χ3v) is 5.48. The monoisotopic (exact) mass is 403 g/mol. The lowest BCUT2D eigenvalue weighted by Crippen LogP contribution is -2.54. The molecule has 0 aromatic heterocycles. The lowest BCUT2D eigenvalue weighted by atomic mass is 10.2. The second-order valence-electron chi connectivity index (χ2n) is 7.53. The number of aliphatic imine (C=N–C) groups is 1. The number of hydrogen-bond acceptors (Lipinski definition) is 5. The summed E-state index contributed by atoms with van der Waals surface area (Å²) in [4.78, 5) is 23.6. The molecule has 0 bridgehead atoms. The normalized spacial score (nSPS) is 18.2. The standard InChI is InChI=1S/C21H33N5O3/c1-3-22-21(23-15-17-6-7-19(29-2)18(27)14-17)26-12-10-24(11-13-26)16-20(28)25-8-4-5-9-25/h6-7,14,27H,3-5,8-13,15-16H2,1-2H3,(H,22,23). The molecule has 1 aromatic carbocycles. The molecule has 0 atom stereocenters. The van der Waals surface area contributed by atoms with E-state index in [4.69, 9.17) is 9.73 Å². The lowest BCUT2D eigenvalue weighted by Gasteiger charge is -2.36. The average molecular weight is 404 g/mol. The second kappa shape index (κ2) is 10.3. The van der Waals surface area contributed by atoms with E-state index in [9.17, 15) is 9.90 Å². The number of phenols is 1. The zero-order chi connectivity index (χ0) is 20.6. The first-order valence-corrected chi connectivity index (χ1v) is 10.5. The van der Waals surface area contributed by atoms with Crippen LogP contribution in [0.5, 0.6) is 11.5 Å². The van der Waals surface area contributed by atoms with Crippen LogP contribution in [0, 0.1) is 0 Å². The van der Waals surface area contributed by atoms with Crippen molar-refractivity contribution in [3.63, 3.8) is 0 Å². The van der Waals surface area contributed by atoms with Gasteiger partial charge in [0, 0.05) is 45.8 Å². The van der Waals surface area contributed by atoms with Gasteiger partial charge in [0.25, 0.3) is 0 Å². The fraction of sp³-hybridized carbons (Fsp3) is 0.619. The molecule has 2 aliphatic rings. The lowest BCUT2D eigenvalue weighted by molar-refractivity contribution is -0.131. The molecule has 1 amide bonds. The summed E-state index contributed by atoms with van der Waals surface area (Å²) in [5.74, 6) is 1.72. The largest absolute Gasteiger partial charge is 0.504 e. The van der Waals surface area contributed by atoms with Gasteiger partial charge in [-0.25, -0.2) is 4.99 Å². The van der Waals surface area contributed by atoms with Crippen LogP contribution in [0.2, 0.25) is 0 Å². The number of carbonyl (C=O) groups is 1.